The van der Waals surface area contributed by atoms with Crippen molar-refractivity contribution in [3.8, 4) is 0 Å². The molecule has 0 aliphatic heterocycles. The topological polar surface area (TPSA) is 0 Å². The Kier molecular flexibility index (Phi) is 8.99. The monoisotopic (exact) mass is 220 g/mol. The molecule has 0 aliphatic rings. The van der Waals surface area contributed by atoms with Crippen molar-refractivity contribution in [2.45, 2.75) is 59.8 Å². The maximum atomic E-state index is 3.81. The van der Waals surface area contributed by atoms with E-state index in [-0.39, 0.29) is 0 Å². The van der Waals surface area contributed by atoms with Gasteiger partial charge in [0.1, 0.15) is 0 Å². The Morgan fingerprint density at radius 1 is 1.19 bits per heavy atom. The first kappa shape index (κ1) is 15.2. The summed E-state index contributed by atoms with van der Waals surface area (Å²) in [5.74, 6) is 0.844. The Balaban J connectivity index is 3.87. The van der Waals surface area contributed by atoms with Crippen LogP contribution in [0.25, 0.3) is 0 Å². The lowest BCUT2D eigenvalue weighted by Crippen LogP contribution is -1.87. The van der Waals surface area contributed by atoms with Crippen LogP contribution in [0.3, 0.4) is 0 Å². The maximum Gasteiger partial charge on any atom is -0.0308 e. The highest BCUT2D eigenvalue weighted by Gasteiger charge is 1.95. The fourth-order valence-electron chi connectivity index (χ4n) is 1.62. The highest BCUT2D eigenvalue weighted by atomic mass is 14.0. The number of hydrogen-bond donors (Lipinski definition) is 0. The molecule has 0 bridgehead atoms. The standard InChI is InChI=1S/C16H28/c1-6-16(7-2)13-12-15(5)11-9-8-10-14(3)4/h6,12-14H,1,7-11H2,2-5H3/b15-12+,16-13+. The van der Waals surface area contributed by atoms with Gasteiger partial charge in [-0.1, -0.05) is 64.0 Å². The van der Waals surface area contributed by atoms with Gasteiger partial charge >= 0.3 is 0 Å². The van der Waals surface area contributed by atoms with Crippen molar-refractivity contribution in [2.24, 2.45) is 5.92 Å². The van der Waals surface area contributed by atoms with E-state index in [1.165, 1.54) is 36.8 Å². The summed E-state index contributed by atoms with van der Waals surface area (Å²) >= 11 is 0. The van der Waals surface area contributed by atoms with Gasteiger partial charge in [0.25, 0.3) is 0 Å². The molecule has 0 spiro atoms. The van der Waals surface area contributed by atoms with E-state index < -0.39 is 0 Å². The van der Waals surface area contributed by atoms with E-state index in [0.717, 1.165) is 12.3 Å². The minimum atomic E-state index is 0.844. The Bertz CT molecular complexity index is 241. The fraction of sp³-hybridized carbons (Fsp3) is 0.625. The lowest BCUT2D eigenvalue weighted by Gasteiger charge is -2.04. The van der Waals surface area contributed by atoms with Crippen LogP contribution < -0.4 is 0 Å². The van der Waals surface area contributed by atoms with Crippen molar-refractivity contribution in [1.82, 2.24) is 0 Å². The molecule has 92 valence electrons. The molecule has 0 fully saturated rings. The number of unbranched alkanes of at least 4 members (excludes halogenated alkanes) is 1. The van der Waals surface area contributed by atoms with Crippen molar-refractivity contribution in [2.75, 3.05) is 0 Å². The maximum absolute atomic E-state index is 3.81. The quantitative estimate of drug-likeness (QED) is 0.365. The third-order valence-electron chi connectivity index (χ3n) is 2.85. The van der Waals surface area contributed by atoms with Gasteiger partial charge in [-0.05, 0) is 37.7 Å². The highest BCUT2D eigenvalue weighted by Crippen LogP contribution is 2.13. The molecule has 0 heteroatoms. The minimum absolute atomic E-state index is 0.844. The van der Waals surface area contributed by atoms with Crippen LogP contribution in [-0.2, 0) is 0 Å². The predicted molar refractivity (Wildman–Crippen MR) is 75.6 cm³/mol. The lowest BCUT2D eigenvalue weighted by atomic mass is 10.0. The van der Waals surface area contributed by atoms with Gasteiger partial charge in [-0.15, -0.1) is 0 Å². The molecule has 0 rings (SSSR count). The molecule has 0 nitrogen and oxygen atoms in total. The number of rotatable bonds is 8. The van der Waals surface area contributed by atoms with Crippen LogP contribution in [0, 0.1) is 5.92 Å². The van der Waals surface area contributed by atoms with Gasteiger partial charge in [0.05, 0.1) is 0 Å². The predicted octanol–water partition coefficient (Wildman–Crippen LogP) is 5.67. The third-order valence-corrected chi connectivity index (χ3v) is 2.85. The molecule has 0 N–H and O–H groups in total. The van der Waals surface area contributed by atoms with Crippen molar-refractivity contribution in [3.63, 3.8) is 0 Å². The Labute approximate surface area is 102 Å². The van der Waals surface area contributed by atoms with E-state index in [9.17, 15) is 0 Å². The molecule has 0 saturated carbocycles. The van der Waals surface area contributed by atoms with Crippen LogP contribution in [0.5, 0.6) is 0 Å². The molecule has 0 aromatic heterocycles. The van der Waals surface area contributed by atoms with E-state index in [1.807, 2.05) is 6.08 Å². The molecule has 16 heavy (non-hydrogen) atoms. The fourth-order valence-corrected chi connectivity index (χ4v) is 1.62. The van der Waals surface area contributed by atoms with Crippen molar-refractivity contribution >= 4 is 0 Å². The van der Waals surface area contributed by atoms with E-state index >= 15 is 0 Å². The minimum Gasteiger partial charge on any atom is -0.0988 e. The molecular formula is C16H28. The Hall–Kier alpha value is -0.780. The highest BCUT2D eigenvalue weighted by molar-refractivity contribution is 5.23. The summed E-state index contributed by atoms with van der Waals surface area (Å²) in [6.45, 7) is 12.8. The summed E-state index contributed by atoms with van der Waals surface area (Å²) in [5, 5.41) is 0. The van der Waals surface area contributed by atoms with Gasteiger partial charge in [0.2, 0.25) is 0 Å². The van der Waals surface area contributed by atoms with Crippen molar-refractivity contribution in [1.29, 1.82) is 0 Å². The van der Waals surface area contributed by atoms with Crippen LogP contribution in [0.1, 0.15) is 59.8 Å². The normalized spacial score (nSPS) is 13.3. The number of allylic oxidation sites excluding steroid dienone is 5. The average molecular weight is 220 g/mol. The van der Waals surface area contributed by atoms with E-state index in [2.05, 4.69) is 46.4 Å². The first-order valence-electron chi connectivity index (χ1n) is 6.58. The zero-order chi connectivity index (χ0) is 12.4. The second-order valence-electron chi connectivity index (χ2n) is 4.95. The summed E-state index contributed by atoms with van der Waals surface area (Å²) in [7, 11) is 0. The Morgan fingerprint density at radius 3 is 2.38 bits per heavy atom. The molecule has 0 amide bonds. The molecule has 0 aromatic carbocycles. The SMILES string of the molecule is C=C/C(=C\C=C(/C)CCCCC(C)C)CC. The van der Waals surface area contributed by atoms with Gasteiger partial charge in [-0.2, -0.15) is 0 Å². The van der Waals surface area contributed by atoms with Crippen molar-refractivity contribution in [3.05, 3.63) is 36.0 Å². The molecule has 0 atom stereocenters. The summed E-state index contributed by atoms with van der Waals surface area (Å²) in [6.07, 6.45) is 12.7. The Morgan fingerprint density at radius 2 is 1.88 bits per heavy atom. The van der Waals surface area contributed by atoms with Crippen LogP contribution in [0.15, 0.2) is 36.0 Å². The summed E-state index contributed by atoms with van der Waals surface area (Å²) in [5.41, 5.74) is 2.80. The van der Waals surface area contributed by atoms with Crippen LogP contribution in [0.4, 0.5) is 0 Å². The molecule has 0 unspecified atom stereocenters. The van der Waals surface area contributed by atoms with Gasteiger partial charge in [0, 0.05) is 0 Å². The van der Waals surface area contributed by atoms with Crippen molar-refractivity contribution < 1.29 is 0 Å². The average Bonchev–Trinajstić information content (AvgIpc) is 2.25. The van der Waals surface area contributed by atoms with Gasteiger partial charge in [-0.25, -0.2) is 0 Å². The zero-order valence-corrected chi connectivity index (χ0v) is 11.6. The largest absolute Gasteiger partial charge is 0.0988 e. The first-order valence-corrected chi connectivity index (χ1v) is 6.58. The molecule has 0 aromatic rings. The van der Waals surface area contributed by atoms with Gasteiger partial charge in [-0.3, -0.25) is 0 Å². The summed E-state index contributed by atoms with van der Waals surface area (Å²) in [4.78, 5) is 0. The summed E-state index contributed by atoms with van der Waals surface area (Å²) < 4.78 is 0. The van der Waals surface area contributed by atoms with E-state index in [0.29, 0.717) is 0 Å². The molecule has 0 heterocycles. The van der Waals surface area contributed by atoms with Gasteiger partial charge < -0.3 is 0 Å². The first-order chi connectivity index (χ1) is 7.60. The van der Waals surface area contributed by atoms with E-state index in [1.54, 1.807) is 0 Å². The lowest BCUT2D eigenvalue weighted by molar-refractivity contribution is 0.537. The second kappa shape index (κ2) is 9.45. The zero-order valence-electron chi connectivity index (χ0n) is 11.6. The second-order valence-corrected chi connectivity index (χ2v) is 4.95. The van der Waals surface area contributed by atoms with Gasteiger partial charge in [0.15, 0.2) is 0 Å². The third kappa shape index (κ3) is 8.52. The van der Waals surface area contributed by atoms with Crippen LogP contribution >= 0.6 is 0 Å². The van der Waals surface area contributed by atoms with Crippen LogP contribution in [0.2, 0.25) is 0 Å². The van der Waals surface area contributed by atoms with E-state index in [4.69, 9.17) is 0 Å². The molecule has 0 saturated heterocycles. The molecular weight excluding hydrogens is 192 g/mol. The number of hydrogen-bond acceptors (Lipinski definition) is 0. The smallest absolute Gasteiger partial charge is 0.0308 e. The molecule has 0 aliphatic carbocycles. The molecule has 0 radical (unpaired) electrons. The van der Waals surface area contributed by atoms with Crippen LogP contribution in [-0.4, -0.2) is 0 Å². The summed E-state index contributed by atoms with van der Waals surface area (Å²) in [6, 6.07) is 0.